The Morgan fingerprint density at radius 2 is 1.53 bits per heavy atom. The average Bonchev–Trinajstić information content (AvgIpc) is 3.35. The number of benzene rings is 3. The van der Waals surface area contributed by atoms with Crippen LogP contribution in [-0.2, 0) is 17.4 Å². The molecule has 0 unspecified atom stereocenters. The van der Waals surface area contributed by atoms with Gasteiger partial charge in [0.05, 0.1) is 23.3 Å². The van der Waals surface area contributed by atoms with Gasteiger partial charge in [0.15, 0.2) is 17.3 Å². The van der Waals surface area contributed by atoms with E-state index in [0.29, 0.717) is 34.7 Å². The van der Waals surface area contributed by atoms with Gasteiger partial charge in [-0.2, -0.15) is 21.9 Å². The molecule has 12 heteroatoms. The standard InChI is InChI=1S/C26H17F3N2O5S.Na/c27-26(28,29)17-5-1-14(2-6-17)11-18(24(32)16-4-8-21-22(13-16)36-10-9-35-21)23(25(33)34)15-3-7-19-20(12-15)31-37-30-19;/h1-8,12-13H,9-11H2,(H,33,34);/q;+1/p-1/b23-18+;. The predicted octanol–water partition coefficient (Wildman–Crippen LogP) is 1.11. The number of ketones is 1. The summed E-state index contributed by atoms with van der Waals surface area (Å²) in [5, 5.41) is 12.4. The molecule has 188 valence electrons. The number of carbonyl (C=O) groups excluding carboxylic acids is 2. The van der Waals surface area contributed by atoms with Crippen LogP contribution in [0.3, 0.4) is 0 Å². The second-order valence-corrected chi connectivity index (χ2v) is 8.70. The van der Waals surface area contributed by atoms with Crippen molar-refractivity contribution in [2.24, 2.45) is 0 Å². The summed E-state index contributed by atoms with van der Waals surface area (Å²) in [5.74, 6) is -1.49. The van der Waals surface area contributed by atoms with E-state index in [0.717, 1.165) is 23.9 Å². The quantitative estimate of drug-likeness (QED) is 0.202. The number of hydrogen-bond acceptors (Lipinski definition) is 8. The first kappa shape index (κ1) is 27.8. The molecule has 0 aliphatic carbocycles. The van der Waals surface area contributed by atoms with Gasteiger partial charge in [0.1, 0.15) is 24.2 Å². The summed E-state index contributed by atoms with van der Waals surface area (Å²) in [6, 6.07) is 13.2. The van der Waals surface area contributed by atoms with Crippen LogP contribution in [0.4, 0.5) is 13.2 Å². The third kappa shape index (κ3) is 5.75. The molecule has 5 rings (SSSR count). The maximum atomic E-state index is 13.7. The van der Waals surface area contributed by atoms with Crippen LogP contribution in [0.2, 0.25) is 0 Å². The smallest absolute Gasteiger partial charge is 0.545 e. The second-order valence-electron chi connectivity index (χ2n) is 8.17. The normalized spacial score (nSPS) is 13.4. The van der Waals surface area contributed by atoms with Crippen molar-refractivity contribution in [1.29, 1.82) is 0 Å². The minimum absolute atomic E-state index is 0. The Labute approximate surface area is 240 Å². The van der Waals surface area contributed by atoms with E-state index in [1.165, 1.54) is 36.4 Å². The molecule has 0 amide bonds. The fraction of sp³-hybridized carbons (Fsp3) is 0.154. The molecular weight excluding hydrogens is 532 g/mol. The van der Waals surface area contributed by atoms with Gasteiger partial charge in [-0.1, -0.05) is 18.2 Å². The van der Waals surface area contributed by atoms with Crippen molar-refractivity contribution >= 4 is 40.1 Å². The van der Waals surface area contributed by atoms with E-state index in [2.05, 4.69) is 8.75 Å². The number of alkyl halides is 3. The van der Waals surface area contributed by atoms with Crippen molar-refractivity contribution in [2.75, 3.05) is 13.2 Å². The van der Waals surface area contributed by atoms with E-state index < -0.39 is 29.1 Å². The summed E-state index contributed by atoms with van der Waals surface area (Å²) in [6.07, 6.45) is -4.80. The Hall–Kier alpha value is -3.25. The van der Waals surface area contributed by atoms with Crippen molar-refractivity contribution in [1.82, 2.24) is 8.75 Å². The van der Waals surface area contributed by atoms with Gasteiger partial charge in [-0.15, -0.1) is 0 Å². The van der Waals surface area contributed by atoms with Gasteiger partial charge in [0.2, 0.25) is 0 Å². The largest absolute Gasteiger partial charge is 1.00 e. The van der Waals surface area contributed by atoms with Crippen LogP contribution in [0.15, 0.2) is 66.2 Å². The first-order valence-corrected chi connectivity index (χ1v) is 11.7. The molecule has 0 spiro atoms. The van der Waals surface area contributed by atoms with Gasteiger partial charge >= 0.3 is 35.7 Å². The van der Waals surface area contributed by atoms with Gasteiger partial charge < -0.3 is 19.4 Å². The summed E-state index contributed by atoms with van der Waals surface area (Å²) in [6.45, 7) is 0.632. The molecule has 1 aromatic heterocycles. The van der Waals surface area contributed by atoms with Crippen LogP contribution < -0.4 is 44.1 Å². The number of ether oxygens (including phenoxy) is 2. The summed E-state index contributed by atoms with van der Waals surface area (Å²) >= 11 is 0.949. The Balaban J connectivity index is 0.00000336. The number of aliphatic carboxylic acids is 1. The molecule has 1 aliphatic heterocycles. The number of nitrogens with zero attached hydrogens (tertiary/aromatic N) is 2. The first-order valence-electron chi connectivity index (χ1n) is 11.0. The third-order valence-electron chi connectivity index (χ3n) is 5.79. The van der Waals surface area contributed by atoms with Crippen LogP contribution in [0.25, 0.3) is 16.6 Å². The fourth-order valence-electron chi connectivity index (χ4n) is 4.01. The zero-order valence-electron chi connectivity index (χ0n) is 19.9. The van der Waals surface area contributed by atoms with Crippen molar-refractivity contribution in [3.05, 3.63) is 88.5 Å². The Kier molecular flexibility index (Phi) is 8.22. The van der Waals surface area contributed by atoms with Crippen molar-refractivity contribution < 1.29 is 66.9 Å². The van der Waals surface area contributed by atoms with Crippen LogP contribution in [0.1, 0.15) is 27.0 Å². The zero-order valence-corrected chi connectivity index (χ0v) is 22.7. The van der Waals surface area contributed by atoms with Crippen LogP contribution in [0, 0.1) is 0 Å². The summed E-state index contributed by atoms with van der Waals surface area (Å²) in [5.41, 5.74) is 0.157. The van der Waals surface area contributed by atoms with E-state index in [4.69, 9.17) is 9.47 Å². The fourth-order valence-corrected chi connectivity index (χ4v) is 4.53. The predicted molar refractivity (Wildman–Crippen MR) is 126 cm³/mol. The minimum atomic E-state index is -4.54. The Bertz CT molecular complexity index is 1550. The molecule has 0 atom stereocenters. The summed E-state index contributed by atoms with van der Waals surface area (Å²) in [4.78, 5) is 26.2. The molecular formula is C26H16F3N2NaO5S. The van der Waals surface area contributed by atoms with E-state index in [1.807, 2.05) is 0 Å². The van der Waals surface area contributed by atoms with Crippen molar-refractivity contribution in [3.63, 3.8) is 0 Å². The monoisotopic (exact) mass is 548 g/mol. The van der Waals surface area contributed by atoms with Crippen LogP contribution in [-0.4, -0.2) is 33.7 Å². The van der Waals surface area contributed by atoms with Gasteiger partial charge in [-0.25, -0.2) is 0 Å². The van der Waals surface area contributed by atoms with Crippen molar-refractivity contribution in [2.45, 2.75) is 12.6 Å². The molecule has 1 aliphatic rings. The number of halogens is 3. The van der Waals surface area contributed by atoms with E-state index in [9.17, 15) is 27.9 Å². The summed E-state index contributed by atoms with van der Waals surface area (Å²) < 4.78 is 58.4. The molecule has 4 aromatic rings. The first-order chi connectivity index (χ1) is 17.7. The van der Waals surface area contributed by atoms with Gasteiger partial charge in [0, 0.05) is 23.1 Å². The number of carboxylic acid groups (broad SMARTS) is 1. The molecule has 2 heterocycles. The summed E-state index contributed by atoms with van der Waals surface area (Å²) in [7, 11) is 0. The van der Waals surface area contributed by atoms with Gasteiger partial charge in [-0.05, 0) is 53.6 Å². The topological polar surface area (TPSA) is 101 Å². The molecule has 0 bridgehead atoms. The number of carboxylic acids is 1. The number of carbonyl (C=O) groups is 2. The number of aromatic nitrogens is 2. The molecule has 38 heavy (non-hydrogen) atoms. The number of Topliss-reactive ketones (excluding diaryl/α,β-unsaturated/α-hetero) is 1. The SMILES string of the molecule is O=C([O-])/C(=C(\Cc1ccc(C(F)(F)F)cc1)C(=O)c1ccc2c(c1)OCCO2)c1ccc2nsnc2c1.[Na+]. The molecule has 0 radical (unpaired) electrons. The van der Waals surface area contributed by atoms with Gasteiger partial charge in [-0.3, -0.25) is 4.79 Å². The molecule has 0 fully saturated rings. The number of rotatable bonds is 6. The maximum Gasteiger partial charge on any atom is 1.00 e. The third-order valence-corrected chi connectivity index (χ3v) is 6.35. The minimum Gasteiger partial charge on any atom is -0.545 e. The zero-order chi connectivity index (χ0) is 26.2. The molecule has 0 saturated heterocycles. The van der Waals surface area contributed by atoms with E-state index in [-0.39, 0.29) is 59.3 Å². The number of fused-ring (bicyclic) bond motifs is 2. The molecule has 0 saturated carbocycles. The molecule has 0 N–H and O–H groups in total. The Morgan fingerprint density at radius 3 is 2.21 bits per heavy atom. The second kappa shape index (κ2) is 11.2. The van der Waals surface area contributed by atoms with Crippen molar-refractivity contribution in [3.8, 4) is 11.5 Å². The van der Waals surface area contributed by atoms with E-state index >= 15 is 0 Å². The average molecular weight is 548 g/mol. The maximum absolute atomic E-state index is 13.7. The van der Waals surface area contributed by atoms with E-state index in [1.54, 1.807) is 12.1 Å². The number of allylic oxidation sites excluding steroid dienone is 1. The number of hydrogen-bond donors (Lipinski definition) is 0. The molecule has 7 nitrogen and oxygen atoms in total. The Morgan fingerprint density at radius 1 is 0.868 bits per heavy atom. The molecule has 3 aromatic carbocycles. The van der Waals surface area contributed by atoms with Crippen LogP contribution >= 0.6 is 11.7 Å². The van der Waals surface area contributed by atoms with Crippen LogP contribution in [0.5, 0.6) is 11.5 Å². The van der Waals surface area contributed by atoms with Gasteiger partial charge in [0.25, 0.3) is 0 Å².